The van der Waals surface area contributed by atoms with Crippen LogP contribution in [0.3, 0.4) is 0 Å². The fraction of sp³-hybridized carbons (Fsp3) is 0.353. The second-order valence-corrected chi connectivity index (χ2v) is 5.55. The fourth-order valence-electron chi connectivity index (χ4n) is 2.12. The van der Waals surface area contributed by atoms with Crippen LogP contribution >= 0.6 is 0 Å². The number of nitrogens with one attached hydrogen (secondary N) is 2. The molecular weight excluding hydrogens is 292 g/mol. The van der Waals surface area contributed by atoms with Crippen molar-refractivity contribution in [1.29, 1.82) is 0 Å². The van der Waals surface area contributed by atoms with Gasteiger partial charge in [0.15, 0.2) is 0 Å². The molecule has 0 fully saturated rings. The van der Waals surface area contributed by atoms with E-state index in [4.69, 9.17) is 0 Å². The van der Waals surface area contributed by atoms with Gasteiger partial charge in [-0.1, -0.05) is 30.3 Å². The maximum absolute atomic E-state index is 11.9. The summed E-state index contributed by atoms with van der Waals surface area (Å²) in [5, 5.41) is 9.89. The molecule has 122 valence electrons. The van der Waals surface area contributed by atoms with E-state index in [0.717, 1.165) is 11.3 Å². The zero-order valence-corrected chi connectivity index (χ0v) is 13.5. The number of urea groups is 1. The van der Waals surface area contributed by atoms with Crippen LogP contribution in [0.15, 0.2) is 47.3 Å². The summed E-state index contributed by atoms with van der Waals surface area (Å²) < 4.78 is 1.43. The maximum atomic E-state index is 11.9. The molecule has 6 heteroatoms. The molecule has 2 rings (SSSR count). The van der Waals surface area contributed by atoms with Crippen LogP contribution in [-0.4, -0.2) is 28.4 Å². The van der Waals surface area contributed by atoms with Crippen LogP contribution in [-0.2, 0) is 6.54 Å². The largest absolute Gasteiger partial charge is 0.338 e. The highest BCUT2D eigenvalue weighted by molar-refractivity contribution is 5.73. The van der Waals surface area contributed by atoms with Gasteiger partial charge >= 0.3 is 6.03 Å². The standard InChI is InChI=1S/C17H22N4O2/c1-13(2)19-17(23)18-11-6-12-21-16(22)10-9-15(20-21)14-7-4-3-5-8-14/h3-5,7-10,13H,6,11-12H2,1-2H3,(H2,18,19,23). The highest BCUT2D eigenvalue weighted by Crippen LogP contribution is 2.13. The summed E-state index contributed by atoms with van der Waals surface area (Å²) in [5.74, 6) is 0. The molecule has 0 saturated heterocycles. The summed E-state index contributed by atoms with van der Waals surface area (Å²) in [5.41, 5.74) is 1.59. The number of carbonyl (C=O) groups is 1. The topological polar surface area (TPSA) is 76.0 Å². The zero-order chi connectivity index (χ0) is 16.7. The van der Waals surface area contributed by atoms with Crippen molar-refractivity contribution < 1.29 is 4.79 Å². The Labute approximate surface area is 135 Å². The third-order valence-electron chi connectivity index (χ3n) is 3.19. The van der Waals surface area contributed by atoms with Gasteiger partial charge in [-0.2, -0.15) is 5.10 Å². The van der Waals surface area contributed by atoms with Gasteiger partial charge in [-0.3, -0.25) is 4.79 Å². The molecular formula is C17H22N4O2. The van der Waals surface area contributed by atoms with Crippen molar-refractivity contribution in [2.24, 2.45) is 0 Å². The van der Waals surface area contributed by atoms with Crippen molar-refractivity contribution in [1.82, 2.24) is 20.4 Å². The molecule has 6 nitrogen and oxygen atoms in total. The van der Waals surface area contributed by atoms with Gasteiger partial charge in [-0.15, -0.1) is 0 Å². The minimum Gasteiger partial charge on any atom is -0.338 e. The molecule has 0 spiro atoms. The van der Waals surface area contributed by atoms with Crippen molar-refractivity contribution in [3.05, 3.63) is 52.8 Å². The number of carbonyl (C=O) groups excluding carboxylic acids is 1. The van der Waals surface area contributed by atoms with Crippen molar-refractivity contribution in [2.45, 2.75) is 32.9 Å². The normalized spacial score (nSPS) is 10.6. The van der Waals surface area contributed by atoms with E-state index >= 15 is 0 Å². The summed E-state index contributed by atoms with van der Waals surface area (Å²) in [6.45, 7) is 4.75. The Morgan fingerprint density at radius 2 is 1.91 bits per heavy atom. The van der Waals surface area contributed by atoms with Gasteiger partial charge in [-0.05, 0) is 26.3 Å². The molecule has 1 aromatic carbocycles. The highest BCUT2D eigenvalue weighted by atomic mass is 16.2. The van der Waals surface area contributed by atoms with Crippen LogP contribution in [0.25, 0.3) is 11.3 Å². The van der Waals surface area contributed by atoms with Crippen molar-refractivity contribution in [3.8, 4) is 11.3 Å². The van der Waals surface area contributed by atoms with Crippen LogP contribution in [0.5, 0.6) is 0 Å². The summed E-state index contributed by atoms with van der Waals surface area (Å²) in [6, 6.07) is 12.9. The molecule has 2 N–H and O–H groups in total. The quantitative estimate of drug-likeness (QED) is 0.801. The van der Waals surface area contributed by atoms with E-state index in [0.29, 0.717) is 19.5 Å². The van der Waals surface area contributed by atoms with Gasteiger partial charge in [0.25, 0.3) is 5.56 Å². The van der Waals surface area contributed by atoms with Gasteiger partial charge in [0.05, 0.1) is 5.69 Å². The minimum atomic E-state index is -0.196. The summed E-state index contributed by atoms with van der Waals surface area (Å²) in [6.07, 6.45) is 0.636. The first-order valence-corrected chi connectivity index (χ1v) is 7.74. The zero-order valence-electron chi connectivity index (χ0n) is 13.5. The van der Waals surface area contributed by atoms with Crippen LogP contribution in [0.1, 0.15) is 20.3 Å². The Morgan fingerprint density at radius 3 is 2.61 bits per heavy atom. The molecule has 1 heterocycles. The monoisotopic (exact) mass is 314 g/mol. The van der Waals surface area contributed by atoms with E-state index in [1.54, 1.807) is 6.07 Å². The molecule has 2 amide bonds. The lowest BCUT2D eigenvalue weighted by atomic mass is 10.1. The number of rotatable bonds is 6. The first-order chi connectivity index (χ1) is 11.1. The molecule has 0 aliphatic carbocycles. The predicted octanol–water partition coefficient (Wildman–Crippen LogP) is 2.01. The molecule has 1 aromatic heterocycles. The molecule has 0 unspecified atom stereocenters. The smallest absolute Gasteiger partial charge is 0.314 e. The molecule has 0 aliphatic rings. The van der Waals surface area contributed by atoms with Crippen molar-refractivity contribution >= 4 is 6.03 Å². The van der Waals surface area contributed by atoms with Crippen LogP contribution in [0.2, 0.25) is 0 Å². The molecule has 0 aliphatic heterocycles. The lowest BCUT2D eigenvalue weighted by Crippen LogP contribution is -2.40. The molecule has 2 aromatic rings. The van der Waals surface area contributed by atoms with Gasteiger partial charge in [0.2, 0.25) is 0 Å². The van der Waals surface area contributed by atoms with Gasteiger partial charge in [0, 0.05) is 30.8 Å². The fourth-order valence-corrected chi connectivity index (χ4v) is 2.12. The van der Waals surface area contributed by atoms with Crippen LogP contribution in [0, 0.1) is 0 Å². The number of benzene rings is 1. The minimum absolute atomic E-state index is 0.0989. The Hall–Kier alpha value is -2.63. The molecule has 0 saturated carbocycles. The SMILES string of the molecule is CC(C)NC(=O)NCCCn1nc(-c2ccccc2)ccc1=O. The summed E-state index contributed by atoms with van der Waals surface area (Å²) in [4.78, 5) is 23.3. The van der Waals surface area contributed by atoms with Crippen molar-refractivity contribution in [3.63, 3.8) is 0 Å². The number of nitrogens with zero attached hydrogens (tertiary/aromatic N) is 2. The third-order valence-corrected chi connectivity index (χ3v) is 3.19. The number of hydrogen-bond acceptors (Lipinski definition) is 3. The number of aryl methyl sites for hydroxylation is 1. The molecule has 0 radical (unpaired) electrons. The van der Waals surface area contributed by atoms with Gasteiger partial charge in [-0.25, -0.2) is 9.48 Å². The van der Waals surface area contributed by atoms with Crippen LogP contribution in [0.4, 0.5) is 4.79 Å². The Balaban J connectivity index is 1.93. The summed E-state index contributed by atoms with van der Waals surface area (Å²) >= 11 is 0. The summed E-state index contributed by atoms with van der Waals surface area (Å²) in [7, 11) is 0. The third kappa shape index (κ3) is 5.25. The van der Waals surface area contributed by atoms with E-state index in [9.17, 15) is 9.59 Å². The average Bonchev–Trinajstić information content (AvgIpc) is 2.53. The number of hydrogen-bond donors (Lipinski definition) is 2. The van der Waals surface area contributed by atoms with E-state index in [-0.39, 0.29) is 17.6 Å². The Morgan fingerprint density at radius 1 is 1.17 bits per heavy atom. The van der Waals surface area contributed by atoms with Gasteiger partial charge < -0.3 is 10.6 Å². The van der Waals surface area contributed by atoms with Crippen molar-refractivity contribution in [2.75, 3.05) is 6.54 Å². The van der Waals surface area contributed by atoms with E-state index < -0.39 is 0 Å². The molecule has 0 atom stereocenters. The average molecular weight is 314 g/mol. The first-order valence-electron chi connectivity index (χ1n) is 7.74. The maximum Gasteiger partial charge on any atom is 0.314 e. The number of amides is 2. The number of aromatic nitrogens is 2. The van der Waals surface area contributed by atoms with E-state index in [2.05, 4.69) is 15.7 Å². The highest BCUT2D eigenvalue weighted by Gasteiger charge is 2.04. The van der Waals surface area contributed by atoms with Crippen LogP contribution < -0.4 is 16.2 Å². The van der Waals surface area contributed by atoms with Gasteiger partial charge in [0.1, 0.15) is 0 Å². The second-order valence-electron chi connectivity index (χ2n) is 5.55. The van der Waals surface area contributed by atoms with E-state index in [1.165, 1.54) is 10.7 Å². The lowest BCUT2D eigenvalue weighted by molar-refractivity contribution is 0.238. The predicted molar refractivity (Wildman–Crippen MR) is 90.2 cm³/mol. The molecule has 23 heavy (non-hydrogen) atoms. The second kappa shape index (κ2) is 8.12. The Kier molecular flexibility index (Phi) is 5.91. The van der Waals surface area contributed by atoms with E-state index in [1.807, 2.05) is 44.2 Å². The Bertz CT molecular complexity index is 695. The lowest BCUT2D eigenvalue weighted by Gasteiger charge is -2.10. The molecule has 0 bridgehead atoms. The first kappa shape index (κ1) is 16.7.